The predicted octanol–water partition coefficient (Wildman–Crippen LogP) is 4.21. The summed E-state index contributed by atoms with van der Waals surface area (Å²) < 4.78 is 5.71. The van der Waals surface area contributed by atoms with Crippen molar-refractivity contribution in [2.24, 2.45) is 0 Å². The third-order valence-electron chi connectivity index (χ3n) is 3.57. The molecule has 0 saturated carbocycles. The highest BCUT2D eigenvalue weighted by Gasteiger charge is 2.24. The lowest BCUT2D eigenvalue weighted by Crippen LogP contribution is -2.35. The van der Waals surface area contributed by atoms with Gasteiger partial charge in [-0.05, 0) is 29.1 Å². The number of methoxy groups -OCH3 is 1. The molecule has 1 N–H and O–H groups in total. The van der Waals surface area contributed by atoms with Crippen molar-refractivity contribution in [1.82, 2.24) is 10.3 Å². The van der Waals surface area contributed by atoms with E-state index in [1.165, 1.54) is 18.4 Å². The van der Waals surface area contributed by atoms with Gasteiger partial charge in [-0.3, -0.25) is 4.79 Å². The topological polar surface area (TPSA) is 68.3 Å². The van der Waals surface area contributed by atoms with Gasteiger partial charge in [0.1, 0.15) is 5.01 Å². The molecule has 134 valence electrons. The number of rotatable bonds is 6. The van der Waals surface area contributed by atoms with Crippen molar-refractivity contribution < 1.29 is 14.3 Å². The summed E-state index contributed by atoms with van der Waals surface area (Å²) in [6, 6.07) is 10.3. The number of carbonyl (C=O) groups is 2. The molecule has 0 radical (unpaired) electrons. The Morgan fingerprint density at radius 3 is 2.65 bits per heavy atom. The summed E-state index contributed by atoms with van der Waals surface area (Å²) in [6.07, 6.45) is 0.103. The predicted molar refractivity (Wildman–Crippen MR) is 106 cm³/mol. The number of nitrogens with zero attached hydrogens (tertiary/aromatic N) is 1. The highest BCUT2D eigenvalue weighted by Crippen LogP contribution is 2.28. The first-order valence-electron chi connectivity index (χ1n) is 7.67. The maximum absolute atomic E-state index is 12.4. The minimum atomic E-state index is -0.851. The van der Waals surface area contributed by atoms with E-state index in [1.54, 1.807) is 23.5 Å². The zero-order chi connectivity index (χ0) is 18.5. The monoisotopic (exact) mass is 450 g/mol. The van der Waals surface area contributed by atoms with Gasteiger partial charge in [-0.15, -0.1) is 22.7 Å². The van der Waals surface area contributed by atoms with Gasteiger partial charge in [-0.25, -0.2) is 9.78 Å². The molecule has 26 heavy (non-hydrogen) atoms. The van der Waals surface area contributed by atoms with Crippen LogP contribution in [-0.4, -0.2) is 24.0 Å². The molecule has 0 saturated heterocycles. The van der Waals surface area contributed by atoms with Crippen molar-refractivity contribution in [3.63, 3.8) is 0 Å². The number of esters is 1. The van der Waals surface area contributed by atoms with Gasteiger partial charge in [-0.1, -0.05) is 34.1 Å². The summed E-state index contributed by atoms with van der Waals surface area (Å²) in [5.74, 6) is -0.801. The molecule has 0 fully saturated rings. The molecule has 3 rings (SSSR count). The molecule has 8 heteroatoms. The highest BCUT2D eigenvalue weighted by atomic mass is 79.9. The van der Waals surface area contributed by atoms with Crippen LogP contribution < -0.4 is 5.32 Å². The minimum Gasteiger partial charge on any atom is -0.467 e. The number of amides is 1. The number of aromatic nitrogens is 1. The minimum absolute atomic E-state index is 0.103. The molecule has 1 aromatic carbocycles. The van der Waals surface area contributed by atoms with E-state index in [9.17, 15) is 9.59 Å². The van der Waals surface area contributed by atoms with Crippen LogP contribution in [0.1, 0.15) is 17.3 Å². The van der Waals surface area contributed by atoms with Gasteiger partial charge in [0.05, 0.1) is 24.1 Å². The lowest BCUT2D eigenvalue weighted by atomic mass is 10.1. The first-order valence-corrected chi connectivity index (χ1v) is 10.2. The van der Waals surface area contributed by atoms with Crippen LogP contribution in [0.3, 0.4) is 0 Å². The summed E-state index contributed by atoms with van der Waals surface area (Å²) in [5, 5.41) is 7.47. The van der Waals surface area contributed by atoms with Crippen LogP contribution in [0, 0.1) is 0 Å². The van der Waals surface area contributed by atoms with Crippen LogP contribution in [0.15, 0.2) is 51.6 Å². The number of carbonyl (C=O) groups excluding carboxylic acids is 2. The molecule has 1 amide bonds. The van der Waals surface area contributed by atoms with Gasteiger partial charge in [-0.2, -0.15) is 0 Å². The van der Waals surface area contributed by atoms with Gasteiger partial charge in [0.25, 0.3) is 0 Å². The Labute approximate surface area is 167 Å². The van der Waals surface area contributed by atoms with Crippen molar-refractivity contribution in [2.45, 2.75) is 12.5 Å². The smallest absolute Gasteiger partial charge is 0.333 e. The Hall–Kier alpha value is -2.03. The lowest BCUT2D eigenvalue weighted by Gasteiger charge is -2.16. The Kier molecular flexibility index (Phi) is 6.18. The second-order valence-electron chi connectivity index (χ2n) is 5.37. The Morgan fingerprint density at radius 1 is 1.23 bits per heavy atom. The molecule has 5 nitrogen and oxygen atoms in total. The quantitative estimate of drug-likeness (QED) is 0.571. The van der Waals surface area contributed by atoms with Crippen LogP contribution in [0.2, 0.25) is 0 Å². The fourth-order valence-electron chi connectivity index (χ4n) is 2.33. The number of halogens is 1. The average Bonchev–Trinajstić information content (AvgIpc) is 3.31. The Bertz CT molecular complexity index is 892. The Balaban J connectivity index is 1.70. The molecule has 2 aromatic heterocycles. The second-order valence-corrected chi connectivity index (χ2v) is 8.09. The van der Waals surface area contributed by atoms with E-state index in [1.807, 2.05) is 35.0 Å². The van der Waals surface area contributed by atoms with Crippen molar-refractivity contribution in [2.75, 3.05) is 7.11 Å². The van der Waals surface area contributed by atoms with Crippen molar-refractivity contribution in [3.8, 4) is 9.88 Å². The molecule has 0 spiro atoms. The molecule has 1 atom stereocenters. The molecule has 3 aromatic rings. The van der Waals surface area contributed by atoms with Gasteiger partial charge in [0.2, 0.25) is 5.91 Å². The summed E-state index contributed by atoms with van der Waals surface area (Å²) in [6.45, 7) is 0. The largest absolute Gasteiger partial charge is 0.467 e. The van der Waals surface area contributed by atoms with Crippen LogP contribution >= 0.6 is 38.6 Å². The van der Waals surface area contributed by atoms with Crippen LogP contribution in [0.25, 0.3) is 9.88 Å². The fourth-order valence-corrected chi connectivity index (χ4v) is 4.23. The first-order chi connectivity index (χ1) is 12.6. The number of thiophene rings is 1. The third kappa shape index (κ3) is 4.57. The maximum Gasteiger partial charge on any atom is 0.333 e. The van der Waals surface area contributed by atoms with Crippen molar-refractivity contribution in [3.05, 3.63) is 62.9 Å². The van der Waals surface area contributed by atoms with E-state index in [4.69, 9.17) is 4.74 Å². The van der Waals surface area contributed by atoms with E-state index in [-0.39, 0.29) is 12.3 Å². The molecule has 0 aliphatic heterocycles. The number of nitrogens with one attached hydrogen (secondary N) is 1. The van der Waals surface area contributed by atoms with Gasteiger partial charge in [0, 0.05) is 9.85 Å². The van der Waals surface area contributed by atoms with Crippen molar-refractivity contribution in [1.29, 1.82) is 0 Å². The van der Waals surface area contributed by atoms with E-state index in [0.717, 1.165) is 14.4 Å². The molecule has 0 bridgehead atoms. The van der Waals surface area contributed by atoms with Gasteiger partial charge >= 0.3 is 5.97 Å². The van der Waals surface area contributed by atoms with Gasteiger partial charge in [0.15, 0.2) is 6.04 Å². The average molecular weight is 451 g/mol. The maximum atomic E-state index is 12.4. The summed E-state index contributed by atoms with van der Waals surface area (Å²) >= 11 is 6.46. The van der Waals surface area contributed by atoms with Crippen LogP contribution in [0.4, 0.5) is 0 Å². The fraction of sp³-hybridized carbons (Fsp3) is 0.167. The van der Waals surface area contributed by atoms with Crippen molar-refractivity contribution >= 4 is 50.5 Å². The normalized spacial score (nSPS) is 11.8. The van der Waals surface area contributed by atoms with Crippen LogP contribution in [-0.2, 0) is 20.7 Å². The number of ether oxygens (including phenoxy) is 1. The third-order valence-corrected chi connectivity index (χ3v) is 6.03. The van der Waals surface area contributed by atoms with Crippen LogP contribution in [0.5, 0.6) is 0 Å². The number of benzene rings is 1. The first kappa shape index (κ1) is 18.8. The number of thiazole rings is 1. The molecule has 1 unspecified atom stereocenters. The van der Waals surface area contributed by atoms with E-state index in [0.29, 0.717) is 11.3 Å². The van der Waals surface area contributed by atoms with E-state index >= 15 is 0 Å². The van der Waals surface area contributed by atoms with Gasteiger partial charge < -0.3 is 10.1 Å². The SMILES string of the molecule is COC(=O)C(NC(=O)Cc1csc(-c2cccs2)n1)c1ccc(Br)cc1. The molecular weight excluding hydrogens is 436 g/mol. The zero-order valence-electron chi connectivity index (χ0n) is 13.8. The zero-order valence-corrected chi connectivity index (χ0v) is 17.0. The highest BCUT2D eigenvalue weighted by molar-refractivity contribution is 9.10. The second kappa shape index (κ2) is 8.57. The summed E-state index contributed by atoms with van der Waals surface area (Å²) in [7, 11) is 1.30. The molecule has 2 heterocycles. The molecule has 0 aliphatic carbocycles. The summed E-state index contributed by atoms with van der Waals surface area (Å²) in [5.41, 5.74) is 1.33. The summed E-state index contributed by atoms with van der Waals surface area (Å²) in [4.78, 5) is 30.1. The molecule has 0 aliphatic rings. The molecular formula is C18H15BrN2O3S2. The van der Waals surface area contributed by atoms with E-state index in [2.05, 4.69) is 26.2 Å². The number of hydrogen-bond donors (Lipinski definition) is 1. The lowest BCUT2D eigenvalue weighted by molar-refractivity contribution is -0.145. The Morgan fingerprint density at radius 2 is 2.00 bits per heavy atom. The number of hydrogen-bond acceptors (Lipinski definition) is 6. The standard InChI is InChI=1S/C18H15BrN2O3S2/c1-24-18(23)16(11-4-6-12(19)7-5-11)21-15(22)9-13-10-26-17(20-13)14-3-2-8-25-14/h2-8,10,16H,9H2,1H3,(H,21,22). The van der Waals surface area contributed by atoms with E-state index < -0.39 is 12.0 Å².